The zero-order valence-corrected chi connectivity index (χ0v) is 18.4. The van der Waals surface area contributed by atoms with Crippen LogP contribution in [0.3, 0.4) is 0 Å². The number of ether oxygens (including phenoxy) is 1. The molecule has 4 aromatic rings. The van der Waals surface area contributed by atoms with Gasteiger partial charge in [0.1, 0.15) is 18.2 Å². The molecule has 1 aliphatic rings. The molecule has 34 heavy (non-hydrogen) atoms. The number of aromatic amines is 1. The number of amides is 1. The lowest BCUT2D eigenvalue weighted by atomic mass is 9.85. The molecule has 5 nitrogen and oxygen atoms in total. The maximum absolute atomic E-state index is 14.0. The van der Waals surface area contributed by atoms with Crippen molar-refractivity contribution in [2.45, 2.75) is 25.0 Å². The first-order valence-corrected chi connectivity index (χ1v) is 11.2. The molecule has 1 saturated heterocycles. The number of hydrogen-bond donors (Lipinski definition) is 2. The van der Waals surface area contributed by atoms with Gasteiger partial charge in [0, 0.05) is 29.9 Å². The molecule has 1 amide bonds. The van der Waals surface area contributed by atoms with E-state index in [9.17, 15) is 18.7 Å². The Bertz CT molecular complexity index is 1300. The highest BCUT2D eigenvalue weighted by Crippen LogP contribution is 2.40. The first-order chi connectivity index (χ1) is 16.5. The van der Waals surface area contributed by atoms with Gasteiger partial charge >= 0.3 is 6.09 Å². The number of fused-ring (bicyclic) bond motifs is 1. The number of piperidine rings is 1. The predicted octanol–water partition coefficient (Wildman–Crippen LogP) is 5.60. The van der Waals surface area contributed by atoms with Crippen molar-refractivity contribution in [1.29, 1.82) is 0 Å². The van der Waals surface area contributed by atoms with Crippen molar-refractivity contribution in [1.82, 2.24) is 9.88 Å². The van der Waals surface area contributed by atoms with Crippen molar-refractivity contribution in [3.8, 4) is 11.3 Å². The molecule has 0 bridgehead atoms. The summed E-state index contributed by atoms with van der Waals surface area (Å²) in [4.78, 5) is 17.7. The van der Waals surface area contributed by atoms with Gasteiger partial charge in [0.25, 0.3) is 0 Å². The summed E-state index contributed by atoms with van der Waals surface area (Å²) in [6.45, 7) is 0.776. The molecular weight excluding hydrogens is 438 g/mol. The summed E-state index contributed by atoms with van der Waals surface area (Å²) in [6.07, 6.45) is -0.779. The highest BCUT2D eigenvalue weighted by molar-refractivity contribution is 5.91. The van der Waals surface area contributed by atoms with Crippen LogP contribution < -0.4 is 0 Å². The maximum atomic E-state index is 14.0. The summed E-state index contributed by atoms with van der Waals surface area (Å²) in [5, 5.41) is 11.7. The van der Waals surface area contributed by atoms with Crippen LogP contribution in [0.5, 0.6) is 0 Å². The zero-order chi connectivity index (χ0) is 23.7. The first-order valence-electron chi connectivity index (χ1n) is 11.2. The van der Waals surface area contributed by atoms with Gasteiger partial charge in [0.05, 0.1) is 11.8 Å². The van der Waals surface area contributed by atoms with Crippen LogP contribution in [-0.4, -0.2) is 40.3 Å². The lowest BCUT2D eigenvalue weighted by Crippen LogP contribution is -2.45. The second-order valence-electron chi connectivity index (χ2n) is 8.56. The monoisotopic (exact) mass is 462 g/mol. The van der Waals surface area contributed by atoms with E-state index in [1.807, 2.05) is 30.3 Å². The Morgan fingerprint density at radius 2 is 1.76 bits per heavy atom. The van der Waals surface area contributed by atoms with Gasteiger partial charge in [-0.15, -0.1) is 0 Å². The molecule has 1 aromatic heterocycles. The fourth-order valence-corrected chi connectivity index (χ4v) is 4.62. The number of rotatable bonds is 4. The molecule has 0 spiro atoms. The molecule has 0 saturated carbocycles. The summed E-state index contributed by atoms with van der Waals surface area (Å²) in [7, 11) is 0. The van der Waals surface area contributed by atoms with Crippen LogP contribution in [0, 0.1) is 11.6 Å². The molecule has 2 atom stereocenters. The van der Waals surface area contributed by atoms with Crippen LogP contribution in [-0.2, 0) is 11.3 Å². The highest BCUT2D eigenvalue weighted by Gasteiger charge is 2.35. The number of nitrogens with one attached hydrogen (secondary N) is 1. The fraction of sp³-hybridized carbons (Fsp3) is 0.222. The van der Waals surface area contributed by atoms with Gasteiger partial charge in [0.2, 0.25) is 0 Å². The van der Waals surface area contributed by atoms with Crippen LogP contribution in [0.1, 0.15) is 23.5 Å². The number of H-pyrrole nitrogens is 1. The summed E-state index contributed by atoms with van der Waals surface area (Å²) in [5.41, 5.74) is 3.62. The molecule has 1 fully saturated rings. The van der Waals surface area contributed by atoms with Crippen LogP contribution in [0.2, 0.25) is 0 Å². The van der Waals surface area contributed by atoms with E-state index in [1.54, 1.807) is 23.1 Å². The van der Waals surface area contributed by atoms with E-state index in [1.165, 1.54) is 24.3 Å². The highest BCUT2D eigenvalue weighted by atomic mass is 19.1. The standard InChI is InChI=1S/C27H24F2N2O3/c28-19-8-6-18(7-9-19)26-25(21-11-10-20(29)14-23(21)30-26)22-15-31(13-12-24(22)32)27(33)34-16-17-4-2-1-3-5-17/h1-11,14,22,24,30,32H,12-13,15-16H2/t22-,24-/m1/s1. The van der Waals surface area contributed by atoms with Gasteiger partial charge in [-0.05, 0) is 65.6 Å². The van der Waals surface area contributed by atoms with Gasteiger partial charge in [-0.2, -0.15) is 0 Å². The van der Waals surface area contributed by atoms with E-state index in [0.717, 1.165) is 16.5 Å². The quantitative estimate of drug-likeness (QED) is 0.415. The average Bonchev–Trinajstić information content (AvgIpc) is 3.22. The molecule has 5 rings (SSSR count). The van der Waals surface area contributed by atoms with E-state index < -0.39 is 18.1 Å². The minimum Gasteiger partial charge on any atom is -0.445 e. The minimum atomic E-state index is -0.707. The van der Waals surface area contributed by atoms with Crippen LogP contribution in [0.4, 0.5) is 13.6 Å². The number of hydrogen-bond acceptors (Lipinski definition) is 3. The van der Waals surface area contributed by atoms with Gasteiger partial charge in [-0.3, -0.25) is 0 Å². The Kier molecular flexibility index (Phi) is 6.02. The Morgan fingerprint density at radius 1 is 1.03 bits per heavy atom. The van der Waals surface area contributed by atoms with E-state index in [2.05, 4.69) is 4.98 Å². The Balaban J connectivity index is 1.47. The van der Waals surface area contributed by atoms with E-state index in [-0.39, 0.29) is 24.8 Å². The summed E-state index contributed by atoms with van der Waals surface area (Å²) < 4.78 is 33.0. The molecule has 7 heteroatoms. The predicted molar refractivity (Wildman–Crippen MR) is 125 cm³/mol. The van der Waals surface area contributed by atoms with Gasteiger partial charge in [-0.25, -0.2) is 13.6 Å². The van der Waals surface area contributed by atoms with Crippen LogP contribution >= 0.6 is 0 Å². The molecule has 0 radical (unpaired) electrons. The normalized spacial score (nSPS) is 18.3. The smallest absolute Gasteiger partial charge is 0.410 e. The van der Waals surface area contributed by atoms with Crippen molar-refractivity contribution < 1.29 is 23.4 Å². The topological polar surface area (TPSA) is 65.6 Å². The van der Waals surface area contributed by atoms with Crippen molar-refractivity contribution in [3.63, 3.8) is 0 Å². The SMILES string of the molecule is O=C(OCc1ccccc1)N1CC[C@@H](O)[C@H](c2c(-c3ccc(F)cc3)[nH]c3cc(F)ccc23)C1. The number of carbonyl (C=O) groups excluding carboxylic acids is 1. The molecule has 174 valence electrons. The van der Waals surface area contributed by atoms with E-state index in [0.29, 0.717) is 29.7 Å². The Labute approximate surface area is 195 Å². The average molecular weight is 462 g/mol. The summed E-state index contributed by atoms with van der Waals surface area (Å²) in [5.74, 6) is -1.18. The van der Waals surface area contributed by atoms with Gasteiger partial charge in [-0.1, -0.05) is 30.3 Å². The lowest BCUT2D eigenvalue weighted by molar-refractivity contribution is 0.0428. The van der Waals surface area contributed by atoms with Gasteiger partial charge < -0.3 is 19.7 Å². The Morgan fingerprint density at radius 3 is 2.53 bits per heavy atom. The summed E-state index contributed by atoms with van der Waals surface area (Å²) in [6, 6.07) is 19.9. The molecule has 1 aliphatic heterocycles. The third-order valence-corrected chi connectivity index (χ3v) is 6.34. The number of benzene rings is 3. The number of likely N-dealkylation sites (tertiary alicyclic amines) is 1. The number of aromatic nitrogens is 1. The third kappa shape index (κ3) is 4.39. The second kappa shape index (κ2) is 9.27. The van der Waals surface area contributed by atoms with Crippen molar-refractivity contribution in [2.24, 2.45) is 0 Å². The number of aliphatic hydroxyl groups is 1. The molecule has 0 aliphatic carbocycles. The van der Waals surface area contributed by atoms with Crippen molar-refractivity contribution in [2.75, 3.05) is 13.1 Å². The molecule has 3 aromatic carbocycles. The molecule has 2 heterocycles. The molecular formula is C27H24F2N2O3. The number of aliphatic hydroxyl groups excluding tert-OH is 1. The minimum absolute atomic E-state index is 0.163. The summed E-state index contributed by atoms with van der Waals surface area (Å²) >= 11 is 0. The van der Waals surface area contributed by atoms with Crippen LogP contribution in [0.25, 0.3) is 22.2 Å². The first kappa shape index (κ1) is 22.1. The number of nitrogens with zero attached hydrogens (tertiary/aromatic N) is 1. The van der Waals surface area contributed by atoms with Crippen molar-refractivity contribution >= 4 is 17.0 Å². The lowest BCUT2D eigenvalue weighted by Gasteiger charge is -2.36. The maximum Gasteiger partial charge on any atom is 0.410 e. The fourth-order valence-electron chi connectivity index (χ4n) is 4.62. The largest absolute Gasteiger partial charge is 0.445 e. The van der Waals surface area contributed by atoms with Gasteiger partial charge in [0.15, 0.2) is 0 Å². The second-order valence-corrected chi connectivity index (χ2v) is 8.56. The van der Waals surface area contributed by atoms with E-state index >= 15 is 0 Å². The van der Waals surface area contributed by atoms with E-state index in [4.69, 9.17) is 4.74 Å². The van der Waals surface area contributed by atoms with Crippen molar-refractivity contribution in [3.05, 3.63) is 95.6 Å². The van der Waals surface area contributed by atoms with Crippen LogP contribution in [0.15, 0.2) is 72.8 Å². The number of halogens is 2. The number of carbonyl (C=O) groups is 1. The zero-order valence-electron chi connectivity index (χ0n) is 18.4. The molecule has 2 N–H and O–H groups in total. The molecule has 0 unspecified atom stereocenters. The third-order valence-electron chi connectivity index (χ3n) is 6.34. The Hall–Kier alpha value is -3.71.